The Hall–Kier alpha value is -2.15. The molecular formula is C22H16BrOP. The first-order chi connectivity index (χ1) is 12.2. The van der Waals surface area contributed by atoms with Crippen molar-refractivity contribution in [3.05, 3.63) is 95.5 Å². The van der Waals surface area contributed by atoms with Crippen LogP contribution >= 0.6 is 23.7 Å². The van der Waals surface area contributed by atoms with Gasteiger partial charge < -0.3 is 4.57 Å². The van der Waals surface area contributed by atoms with Gasteiger partial charge in [-0.2, -0.15) is 0 Å². The van der Waals surface area contributed by atoms with Crippen LogP contribution < -0.4 is 10.6 Å². The van der Waals surface area contributed by atoms with Crippen molar-refractivity contribution in [1.82, 2.24) is 0 Å². The summed E-state index contributed by atoms with van der Waals surface area (Å²) in [5, 5.41) is 4.10. The summed E-state index contributed by atoms with van der Waals surface area (Å²) in [5.74, 6) is 0. The first kappa shape index (κ1) is 16.3. The molecule has 122 valence electrons. The van der Waals surface area contributed by atoms with E-state index in [1.54, 1.807) is 0 Å². The van der Waals surface area contributed by atoms with E-state index in [1.165, 1.54) is 0 Å². The molecule has 1 nitrogen and oxygen atoms in total. The van der Waals surface area contributed by atoms with Gasteiger partial charge >= 0.3 is 0 Å². The summed E-state index contributed by atoms with van der Waals surface area (Å²) < 4.78 is 14.4. The van der Waals surface area contributed by atoms with Crippen molar-refractivity contribution in [2.45, 2.75) is 0 Å². The first-order valence-electron chi connectivity index (χ1n) is 8.11. The van der Waals surface area contributed by atoms with E-state index >= 15 is 0 Å². The Balaban J connectivity index is 2.00. The third kappa shape index (κ3) is 3.20. The number of benzene rings is 4. The molecule has 0 heterocycles. The van der Waals surface area contributed by atoms with Crippen molar-refractivity contribution in [2.75, 3.05) is 0 Å². The minimum Gasteiger partial charge on any atom is -0.317 e. The van der Waals surface area contributed by atoms with Gasteiger partial charge in [-0.15, -0.1) is 0 Å². The van der Waals surface area contributed by atoms with Crippen LogP contribution in [0.2, 0.25) is 0 Å². The third-order valence-electron chi connectivity index (χ3n) is 4.34. The lowest BCUT2D eigenvalue weighted by Gasteiger charge is -2.14. The molecule has 0 radical (unpaired) electrons. The van der Waals surface area contributed by atoms with Crippen LogP contribution in [0.5, 0.6) is 0 Å². The van der Waals surface area contributed by atoms with Crippen LogP contribution in [-0.2, 0) is 4.57 Å². The maximum Gasteiger partial charge on any atom is 0.132 e. The fourth-order valence-corrected chi connectivity index (χ4v) is 4.94. The Labute approximate surface area is 156 Å². The molecule has 4 aromatic rings. The van der Waals surface area contributed by atoms with E-state index in [9.17, 15) is 4.57 Å². The lowest BCUT2D eigenvalue weighted by atomic mass is 9.98. The van der Waals surface area contributed by atoms with Gasteiger partial charge in [-0.3, -0.25) is 0 Å². The Bertz CT molecular complexity index is 1060. The lowest BCUT2D eigenvalue weighted by molar-refractivity contribution is 0.598. The fraction of sp³-hybridized carbons (Fsp3) is 0. The predicted molar refractivity (Wildman–Crippen MR) is 112 cm³/mol. The van der Waals surface area contributed by atoms with Gasteiger partial charge in [0.25, 0.3) is 0 Å². The Kier molecular flexibility index (Phi) is 4.57. The zero-order chi connectivity index (χ0) is 17.2. The number of rotatable bonds is 3. The van der Waals surface area contributed by atoms with Gasteiger partial charge in [0, 0.05) is 20.6 Å². The molecule has 0 fully saturated rings. The minimum atomic E-state index is -2.08. The molecule has 4 rings (SSSR count). The van der Waals surface area contributed by atoms with Crippen LogP contribution in [0.25, 0.3) is 21.9 Å². The van der Waals surface area contributed by atoms with Crippen molar-refractivity contribution >= 4 is 45.1 Å². The van der Waals surface area contributed by atoms with E-state index in [0.717, 1.165) is 37.0 Å². The molecule has 1 unspecified atom stereocenters. The van der Waals surface area contributed by atoms with Gasteiger partial charge in [-0.05, 0) is 28.5 Å². The van der Waals surface area contributed by atoms with E-state index < -0.39 is 7.80 Å². The molecule has 0 bridgehead atoms. The SMILES string of the molecule is O=[PH](c1ccccc1)c1ccc2ccccc2c1-c1ccc(Br)cc1. The standard InChI is InChI=1S/C22H16BrOP/c23-18-13-10-17(11-14-18)22-20-9-5-4-6-16(20)12-15-21(22)25(24)19-7-2-1-3-8-19/h1-15,25H. The molecule has 0 aliphatic rings. The van der Waals surface area contributed by atoms with Crippen LogP contribution in [0, 0.1) is 0 Å². The van der Waals surface area contributed by atoms with Crippen molar-refractivity contribution in [1.29, 1.82) is 0 Å². The van der Waals surface area contributed by atoms with Crippen molar-refractivity contribution in [3.8, 4) is 11.1 Å². The molecule has 0 N–H and O–H groups in total. The molecule has 0 amide bonds. The second kappa shape index (κ2) is 7.00. The van der Waals surface area contributed by atoms with Crippen LogP contribution in [0.1, 0.15) is 0 Å². The molecule has 0 saturated carbocycles. The maximum atomic E-state index is 13.3. The van der Waals surface area contributed by atoms with Gasteiger partial charge in [-0.25, -0.2) is 0 Å². The van der Waals surface area contributed by atoms with Gasteiger partial charge in [0.1, 0.15) is 7.80 Å². The minimum absolute atomic E-state index is 0.890. The third-order valence-corrected chi connectivity index (χ3v) is 6.63. The molecule has 0 aliphatic heterocycles. The lowest BCUT2D eigenvalue weighted by Crippen LogP contribution is -2.09. The zero-order valence-electron chi connectivity index (χ0n) is 13.4. The van der Waals surface area contributed by atoms with Crippen LogP contribution in [0.15, 0.2) is 95.5 Å². The zero-order valence-corrected chi connectivity index (χ0v) is 16.0. The normalized spacial score (nSPS) is 12.2. The maximum absolute atomic E-state index is 13.3. The highest BCUT2D eigenvalue weighted by molar-refractivity contribution is 9.10. The number of hydrogen-bond donors (Lipinski definition) is 0. The molecular weight excluding hydrogens is 391 g/mol. The topological polar surface area (TPSA) is 17.1 Å². The smallest absolute Gasteiger partial charge is 0.132 e. The van der Waals surface area contributed by atoms with Crippen LogP contribution in [-0.4, -0.2) is 0 Å². The average Bonchev–Trinajstić information content (AvgIpc) is 2.68. The molecule has 0 aromatic heterocycles. The number of fused-ring (bicyclic) bond motifs is 1. The highest BCUT2D eigenvalue weighted by Gasteiger charge is 2.16. The van der Waals surface area contributed by atoms with Gasteiger partial charge in [0.05, 0.1) is 0 Å². The van der Waals surface area contributed by atoms with Crippen molar-refractivity contribution in [2.24, 2.45) is 0 Å². The molecule has 0 saturated heterocycles. The molecule has 25 heavy (non-hydrogen) atoms. The average molecular weight is 407 g/mol. The predicted octanol–water partition coefficient (Wildman–Crippen LogP) is 5.78. The summed E-state index contributed by atoms with van der Waals surface area (Å²) in [6, 6.07) is 30.3. The molecule has 0 spiro atoms. The quantitative estimate of drug-likeness (QED) is 0.394. The van der Waals surface area contributed by atoms with Crippen molar-refractivity contribution < 1.29 is 4.57 Å². The summed E-state index contributed by atoms with van der Waals surface area (Å²) in [7, 11) is -2.08. The molecule has 0 aliphatic carbocycles. The molecule has 3 heteroatoms. The summed E-state index contributed by atoms with van der Waals surface area (Å²) in [5.41, 5.74) is 2.16. The van der Waals surface area contributed by atoms with E-state index in [-0.39, 0.29) is 0 Å². The molecule has 1 atom stereocenters. The van der Waals surface area contributed by atoms with E-state index in [2.05, 4.69) is 46.3 Å². The largest absolute Gasteiger partial charge is 0.317 e. The summed E-state index contributed by atoms with van der Waals surface area (Å²) >= 11 is 3.50. The second-order valence-corrected chi connectivity index (χ2v) is 8.60. The van der Waals surface area contributed by atoms with E-state index in [1.807, 2.05) is 60.7 Å². The van der Waals surface area contributed by atoms with Gasteiger partial charge in [-0.1, -0.05) is 94.8 Å². The second-order valence-electron chi connectivity index (χ2n) is 5.91. The van der Waals surface area contributed by atoms with E-state index in [4.69, 9.17) is 0 Å². The fourth-order valence-electron chi connectivity index (χ4n) is 3.13. The van der Waals surface area contributed by atoms with Gasteiger partial charge in [0.15, 0.2) is 0 Å². The Morgan fingerprint density at radius 3 is 2.12 bits per heavy atom. The summed E-state index contributed by atoms with van der Waals surface area (Å²) in [4.78, 5) is 0. The monoisotopic (exact) mass is 406 g/mol. The van der Waals surface area contributed by atoms with Gasteiger partial charge in [0.2, 0.25) is 0 Å². The number of hydrogen-bond acceptors (Lipinski definition) is 1. The first-order valence-corrected chi connectivity index (χ1v) is 10.3. The van der Waals surface area contributed by atoms with Crippen LogP contribution in [0.4, 0.5) is 0 Å². The Morgan fingerprint density at radius 2 is 1.36 bits per heavy atom. The Morgan fingerprint density at radius 1 is 0.680 bits per heavy atom. The highest BCUT2D eigenvalue weighted by atomic mass is 79.9. The number of halogens is 1. The van der Waals surface area contributed by atoms with Crippen molar-refractivity contribution in [3.63, 3.8) is 0 Å². The molecule has 4 aromatic carbocycles. The highest BCUT2D eigenvalue weighted by Crippen LogP contribution is 2.34. The summed E-state index contributed by atoms with van der Waals surface area (Å²) in [6.07, 6.45) is 0. The summed E-state index contributed by atoms with van der Waals surface area (Å²) in [6.45, 7) is 0. The van der Waals surface area contributed by atoms with E-state index in [0.29, 0.717) is 0 Å². The van der Waals surface area contributed by atoms with Crippen LogP contribution in [0.3, 0.4) is 0 Å².